The Morgan fingerprint density at radius 1 is 1.35 bits per heavy atom. The molecule has 1 aromatic carbocycles. The van der Waals surface area contributed by atoms with Crippen LogP contribution in [0.3, 0.4) is 0 Å². The first-order valence-corrected chi connectivity index (χ1v) is 6.23. The molecule has 0 spiro atoms. The number of halogens is 1. The first kappa shape index (κ1) is 10.6. The normalized spacial score (nSPS) is 15.6. The molecule has 17 heavy (non-hydrogen) atoms. The molecule has 1 aromatic heterocycles. The summed E-state index contributed by atoms with van der Waals surface area (Å²) in [5, 5.41) is 1.15. The van der Waals surface area contributed by atoms with Gasteiger partial charge in [0.15, 0.2) is 0 Å². The molecule has 0 radical (unpaired) electrons. The third kappa shape index (κ3) is 1.61. The topological polar surface area (TPSA) is 19.0 Å². The maximum atomic E-state index is 13.2. The van der Waals surface area contributed by atoms with Gasteiger partial charge in [-0.3, -0.25) is 0 Å². The van der Waals surface area contributed by atoms with Gasteiger partial charge in [-0.1, -0.05) is 0 Å². The number of benzene rings is 1. The van der Waals surface area contributed by atoms with Gasteiger partial charge in [-0.2, -0.15) is 0 Å². The zero-order valence-corrected chi connectivity index (χ0v) is 10.3. The van der Waals surface area contributed by atoms with Crippen LogP contribution >= 0.6 is 0 Å². The standard InChI is InChI=1S/C14H17FN2/c1-9(2)17-7-3-4-12-14(17)11-6-5-10(15)8-13(11)16-12/h5-6,8-9,16H,3-4,7H2,1-2H3. The second-order valence-corrected chi connectivity index (χ2v) is 5.03. The van der Waals surface area contributed by atoms with Crippen LogP contribution in [-0.4, -0.2) is 17.6 Å². The first-order valence-electron chi connectivity index (χ1n) is 6.23. The summed E-state index contributed by atoms with van der Waals surface area (Å²) in [6, 6.07) is 5.51. The smallest absolute Gasteiger partial charge is 0.125 e. The van der Waals surface area contributed by atoms with Crippen molar-refractivity contribution >= 4 is 16.6 Å². The quantitative estimate of drug-likeness (QED) is 0.797. The summed E-state index contributed by atoms with van der Waals surface area (Å²) in [6.07, 6.45) is 2.23. The number of nitrogens with one attached hydrogen (secondary N) is 1. The Bertz CT molecular complexity index is 557. The molecule has 2 nitrogen and oxygen atoms in total. The highest BCUT2D eigenvalue weighted by Gasteiger charge is 2.23. The van der Waals surface area contributed by atoms with E-state index in [9.17, 15) is 4.39 Å². The second-order valence-electron chi connectivity index (χ2n) is 5.03. The summed E-state index contributed by atoms with van der Waals surface area (Å²) in [7, 11) is 0. The largest absolute Gasteiger partial charge is 0.367 e. The molecule has 0 amide bonds. The number of hydrogen-bond donors (Lipinski definition) is 1. The number of nitrogens with zero attached hydrogens (tertiary/aromatic N) is 1. The Hall–Kier alpha value is -1.51. The van der Waals surface area contributed by atoms with Crippen molar-refractivity contribution in [3.05, 3.63) is 29.7 Å². The number of anilines is 1. The fourth-order valence-electron chi connectivity index (χ4n) is 2.77. The molecule has 3 heteroatoms. The van der Waals surface area contributed by atoms with Crippen molar-refractivity contribution in [1.29, 1.82) is 0 Å². The van der Waals surface area contributed by atoms with Gasteiger partial charge in [0.2, 0.25) is 0 Å². The van der Waals surface area contributed by atoms with Crippen molar-refractivity contribution in [2.75, 3.05) is 11.4 Å². The second kappa shape index (κ2) is 3.76. The van der Waals surface area contributed by atoms with E-state index < -0.39 is 0 Å². The van der Waals surface area contributed by atoms with E-state index in [0.717, 1.165) is 23.9 Å². The molecule has 0 unspecified atom stereocenters. The summed E-state index contributed by atoms with van der Waals surface area (Å²) in [5.41, 5.74) is 3.45. The molecule has 0 atom stereocenters. The van der Waals surface area contributed by atoms with E-state index in [1.165, 1.54) is 17.8 Å². The van der Waals surface area contributed by atoms with Crippen molar-refractivity contribution in [1.82, 2.24) is 4.98 Å². The van der Waals surface area contributed by atoms with E-state index >= 15 is 0 Å². The van der Waals surface area contributed by atoms with Crippen LogP contribution in [-0.2, 0) is 6.42 Å². The Balaban J connectivity index is 2.24. The lowest BCUT2D eigenvalue weighted by molar-refractivity contribution is 0.624. The highest BCUT2D eigenvalue weighted by molar-refractivity contribution is 5.95. The van der Waals surface area contributed by atoms with Crippen molar-refractivity contribution < 1.29 is 4.39 Å². The highest BCUT2D eigenvalue weighted by atomic mass is 19.1. The van der Waals surface area contributed by atoms with Crippen molar-refractivity contribution in [3.63, 3.8) is 0 Å². The molecular formula is C14H17FN2. The first-order chi connectivity index (χ1) is 8.16. The van der Waals surface area contributed by atoms with Crippen LogP contribution in [0.2, 0.25) is 0 Å². The number of fused-ring (bicyclic) bond motifs is 3. The van der Waals surface area contributed by atoms with Crippen LogP contribution in [0.5, 0.6) is 0 Å². The van der Waals surface area contributed by atoms with E-state index in [1.807, 2.05) is 6.07 Å². The van der Waals surface area contributed by atoms with Crippen LogP contribution < -0.4 is 4.90 Å². The predicted octanol–water partition coefficient (Wildman–Crippen LogP) is 3.47. The molecule has 3 rings (SSSR count). The third-order valence-electron chi connectivity index (χ3n) is 3.54. The molecule has 2 heterocycles. The molecule has 90 valence electrons. The number of aryl methyl sites for hydroxylation is 1. The zero-order valence-electron chi connectivity index (χ0n) is 10.3. The van der Waals surface area contributed by atoms with Gasteiger partial charge in [0, 0.05) is 23.7 Å². The van der Waals surface area contributed by atoms with Gasteiger partial charge in [0.25, 0.3) is 0 Å². The Kier molecular flexibility index (Phi) is 2.35. The molecule has 0 aliphatic carbocycles. The Morgan fingerprint density at radius 2 is 2.18 bits per heavy atom. The summed E-state index contributed by atoms with van der Waals surface area (Å²) >= 11 is 0. The molecule has 2 aromatic rings. The van der Waals surface area contributed by atoms with Crippen molar-refractivity contribution in [3.8, 4) is 0 Å². The van der Waals surface area contributed by atoms with Crippen LogP contribution in [0.25, 0.3) is 10.9 Å². The zero-order chi connectivity index (χ0) is 12.0. The van der Waals surface area contributed by atoms with E-state index in [2.05, 4.69) is 23.7 Å². The van der Waals surface area contributed by atoms with Gasteiger partial charge in [-0.05, 0) is 44.9 Å². The van der Waals surface area contributed by atoms with Gasteiger partial charge < -0.3 is 9.88 Å². The Morgan fingerprint density at radius 3 is 2.94 bits per heavy atom. The molecular weight excluding hydrogens is 215 g/mol. The lowest BCUT2D eigenvalue weighted by atomic mass is 10.1. The number of hydrogen-bond acceptors (Lipinski definition) is 1. The fourth-order valence-corrected chi connectivity index (χ4v) is 2.77. The van der Waals surface area contributed by atoms with Crippen LogP contribution in [0.1, 0.15) is 26.0 Å². The number of aromatic amines is 1. The molecule has 0 saturated heterocycles. The molecule has 0 saturated carbocycles. The predicted molar refractivity (Wildman–Crippen MR) is 69.1 cm³/mol. The van der Waals surface area contributed by atoms with Crippen molar-refractivity contribution in [2.45, 2.75) is 32.7 Å². The Labute approximate surface area is 100 Å². The average molecular weight is 232 g/mol. The molecule has 1 N–H and O–H groups in total. The minimum absolute atomic E-state index is 0.174. The molecule has 0 fully saturated rings. The van der Waals surface area contributed by atoms with E-state index in [4.69, 9.17) is 0 Å². The van der Waals surface area contributed by atoms with E-state index in [0.29, 0.717) is 6.04 Å². The van der Waals surface area contributed by atoms with E-state index in [-0.39, 0.29) is 5.82 Å². The van der Waals surface area contributed by atoms with E-state index in [1.54, 1.807) is 12.1 Å². The maximum absolute atomic E-state index is 13.2. The fraction of sp³-hybridized carbons (Fsp3) is 0.429. The number of H-pyrrole nitrogens is 1. The van der Waals surface area contributed by atoms with Crippen LogP contribution in [0.4, 0.5) is 10.1 Å². The lowest BCUT2D eigenvalue weighted by Gasteiger charge is -2.33. The third-order valence-corrected chi connectivity index (χ3v) is 3.54. The summed E-state index contributed by atoms with van der Waals surface area (Å²) < 4.78 is 13.2. The lowest BCUT2D eigenvalue weighted by Crippen LogP contribution is -2.35. The monoisotopic (exact) mass is 232 g/mol. The van der Waals surface area contributed by atoms with Gasteiger partial charge in [-0.15, -0.1) is 0 Å². The van der Waals surface area contributed by atoms with Gasteiger partial charge in [0.1, 0.15) is 5.82 Å². The number of aromatic nitrogens is 1. The summed E-state index contributed by atoms with van der Waals surface area (Å²) in [6.45, 7) is 5.50. The summed E-state index contributed by atoms with van der Waals surface area (Å²) in [5.74, 6) is -0.174. The molecule has 1 aliphatic rings. The van der Waals surface area contributed by atoms with Gasteiger partial charge in [0.05, 0.1) is 11.2 Å². The molecule has 1 aliphatic heterocycles. The minimum Gasteiger partial charge on any atom is -0.367 e. The van der Waals surface area contributed by atoms with Crippen molar-refractivity contribution in [2.24, 2.45) is 0 Å². The van der Waals surface area contributed by atoms with Gasteiger partial charge in [-0.25, -0.2) is 4.39 Å². The summed E-state index contributed by atoms with van der Waals surface area (Å²) in [4.78, 5) is 5.77. The van der Waals surface area contributed by atoms with Crippen LogP contribution in [0.15, 0.2) is 18.2 Å². The minimum atomic E-state index is -0.174. The average Bonchev–Trinajstić information content (AvgIpc) is 2.65. The SMILES string of the molecule is CC(C)N1CCCc2[nH]c3cc(F)ccc3c21. The van der Waals surface area contributed by atoms with Gasteiger partial charge >= 0.3 is 0 Å². The van der Waals surface area contributed by atoms with Crippen LogP contribution in [0, 0.1) is 5.82 Å². The molecule has 0 bridgehead atoms. The maximum Gasteiger partial charge on any atom is 0.125 e. The highest BCUT2D eigenvalue weighted by Crippen LogP contribution is 2.36. The number of rotatable bonds is 1.